The standard InChI is InChI=1S/C21H16FN5O3S/c22-12-4-6-13(7-5-12)24-16(28)11-26-18-17(15-3-1-2-10-23-15)25-31-19(18)20(29)27(21(26)30)14-8-9-14/h1-7,10,14H,8-9,11H2,(H,24,28). The number of nitrogens with zero attached hydrogens (tertiary/aromatic N) is 4. The van der Waals surface area contributed by atoms with Gasteiger partial charge in [0.25, 0.3) is 5.56 Å². The van der Waals surface area contributed by atoms with Crippen LogP contribution in [0, 0.1) is 5.82 Å². The molecule has 0 aliphatic heterocycles. The summed E-state index contributed by atoms with van der Waals surface area (Å²) in [5.74, 6) is -0.897. The number of aromatic nitrogens is 4. The molecule has 156 valence electrons. The SMILES string of the molecule is O=C(Cn1c(=O)n(C2CC2)c(=O)c2snc(-c3ccccn3)c21)Nc1ccc(F)cc1. The van der Waals surface area contributed by atoms with Crippen LogP contribution in [-0.2, 0) is 11.3 Å². The van der Waals surface area contributed by atoms with E-state index in [9.17, 15) is 18.8 Å². The number of amides is 1. The Bertz CT molecular complexity index is 1410. The van der Waals surface area contributed by atoms with Gasteiger partial charge < -0.3 is 5.32 Å². The molecule has 1 saturated carbocycles. The molecule has 5 rings (SSSR count). The van der Waals surface area contributed by atoms with Crippen LogP contribution >= 0.6 is 11.5 Å². The van der Waals surface area contributed by atoms with Crippen LogP contribution in [0.5, 0.6) is 0 Å². The number of hydrogen-bond donors (Lipinski definition) is 1. The fraction of sp³-hybridized carbons (Fsp3) is 0.190. The maximum Gasteiger partial charge on any atom is 0.332 e. The molecule has 1 N–H and O–H groups in total. The molecule has 0 bridgehead atoms. The molecule has 0 unspecified atom stereocenters. The topological polar surface area (TPSA) is 98.9 Å². The Balaban J connectivity index is 1.63. The van der Waals surface area contributed by atoms with Crippen LogP contribution in [0.25, 0.3) is 21.6 Å². The highest BCUT2D eigenvalue weighted by atomic mass is 32.1. The predicted molar refractivity (Wildman–Crippen MR) is 115 cm³/mol. The summed E-state index contributed by atoms with van der Waals surface area (Å²) in [6, 6.07) is 10.4. The quantitative estimate of drug-likeness (QED) is 0.518. The molecule has 1 aliphatic rings. The molecule has 8 nitrogen and oxygen atoms in total. The fourth-order valence-corrected chi connectivity index (χ4v) is 4.28. The van der Waals surface area contributed by atoms with Crippen molar-refractivity contribution in [2.24, 2.45) is 0 Å². The summed E-state index contributed by atoms with van der Waals surface area (Å²) in [7, 11) is 0. The molecule has 0 spiro atoms. The summed E-state index contributed by atoms with van der Waals surface area (Å²) in [5, 5.41) is 2.65. The van der Waals surface area contributed by atoms with Gasteiger partial charge in [-0.05, 0) is 60.8 Å². The van der Waals surface area contributed by atoms with Crippen molar-refractivity contribution < 1.29 is 9.18 Å². The third-order valence-electron chi connectivity index (χ3n) is 5.04. The highest BCUT2D eigenvalue weighted by molar-refractivity contribution is 7.13. The van der Waals surface area contributed by atoms with Crippen molar-refractivity contribution in [3.63, 3.8) is 0 Å². The van der Waals surface area contributed by atoms with E-state index in [1.165, 1.54) is 33.4 Å². The number of rotatable bonds is 5. The summed E-state index contributed by atoms with van der Waals surface area (Å²) in [6.07, 6.45) is 3.08. The van der Waals surface area contributed by atoms with E-state index < -0.39 is 23.0 Å². The second-order valence-corrected chi connectivity index (χ2v) is 8.03. The van der Waals surface area contributed by atoms with Crippen molar-refractivity contribution in [1.29, 1.82) is 0 Å². The number of anilines is 1. The largest absolute Gasteiger partial charge is 0.332 e. The molecular formula is C21H16FN5O3S. The fourth-order valence-electron chi connectivity index (χ4n) is 3.45. The van der Waals surface area contributed by atoms with Crippen LogP contribution in [0.4, 0.5) is 10.1 Å². The zero-order valence-corrected chi connectivity index (χ0v) is 16.9. The van der Waals surface area contributed by atoms with E-state index in [4.69, 9.17) is 0 Å². The summed E-state index contributed by atoms with van der Waals surface area (Å²) < 4.78 is 20.3. The van der Waals surface area contributed by atoms with E-state index in [1.54, 1.807) is 24.4 Å². The Kier molecular flexibility index (Phi) is 4.70. The van der Waals surface area contributed by atoms with Crippen molar-refractivity contribution in [2.75, 3.05) is 5.32 Å². The third kappa shape index (κ3) is 3.55. The molecular weight excluding hydrogens is 421 g/mol. The van der Waals surface area contributed by atoms with Gasteiger partial charge in [0.2, 0.25) is 5.91 Å². The Morgan fingerprint density at radius 2 is 1.94 bits per heavy atom. The highest BCUT2D eigenvalue weighted by Crippen LogP contribution is 2.34. The molecule has 10 heteroatoms. The average molecular weight is 437 g/mol. The smallest absolute Gasteiger partial charge is 0.325 e. The van der Waals surface area contributed by atoms with Gasteiger partial charge in [0, 0.05) is 17.9 Å². The number of pyridine rings is 1. The number of carbonyl (C=O) groups is 1. The van der Waals surface area contributed by atoms with E-state index >= 15 is 0 Å². The number of carbonyl (C=O) groups excluding carboxylic acids is 1. The minimum Gasteiger partial charge on any atom is -0.325 e. The number of fused-ring (bicyclic) bond motifs is 1. The zero-order chi connectivity index (χ0) is 21.5. The lowest BCUT2D eigenvalue weighted by Crippen LogP contribution is -2.41. The van der Waals surface area contributed by atoms with Gasteiger partial charge in [0.15, 0.2) is 0 Å². The van der Waals surface area contributed by atoms with Crippen molar-refractivity contribution >= 4 is 33.3 Å². The zero-order valence-electron chi connectivity index (χ0n) is 16.1. The van der Waals surface area contributed by atoms with Crippen molar-refractivity contribution in [3.05, 3.63) is 75.3 Å². The molecule has 1 aliphatic carbocycles. The molecule has 0 atom stereocenters. The van der Waals surface area contributed by atoms with Gasteiger partial charge in [-0.3, -0.25) is 23.7 Å². The predicted octanol–water partition coefficient (Wildman–Crippen LogP) is 2.79. The van der Waals surface area contributed by atoms with Gasteiger partial charge in [-0.1, -0.05) is 6.07 Å². The first-order chi connectivity index (χ1) is 15.0. The molecule has 0 radical (unpaired) electrons. The molecule has 31 heavy (non-hydrogen) atoms. The van der Waals surface area contributed by atoms with Gasteiger partial charge in [-0.25, -0.2) is 9.18 Å². The second-order valence-electron chi connectivity index (χ2n) is 7.25. The molecule has 1 fully saturated rings. The van der Waals surface area contributed by atoms with Gasteiger partial charge in [-0.15, -0.1) is 0 Å². The Morgan fingerprint density at radius 3 is 2.61 bits per heavy atom. The molecule has 3 heterocycles. The van der Waals surface area contributed by atoms with Crippen molar-refractivity contribution in [1.82, 2.24) is 18.5 Å². The minimum absolute atomic E-state index is 0.156. The Hall–Kier alpha value is -3.66. The van der Waals surface area contributed by atoms with Crippen molar-refractivity contribution in [3.8, 4) is 11.4 Å². The minimum atomic E-state index is -0.549. The lowest BCUT2D eigenvalue weighted by atomic mass is 10.2. The molecule has 3 aromatic heterocycles. The maximum absolute atomic E-state index is 13.3. The van der Waals surface area contributed by atoms with Crippen LogP contribution in [0.15, 0.2) is 58.3 Å². The number of hydrogen-bond acceptors (Lipinski definition) is 6. The monoisotopic (exact) mass is 437 g/mol. The first-order valence-electron chi connectivity index (χ1n) is 9.64. The van der Waals surface area contributed by atoms with E-state index in [0.29, 0.717) is 27.3 Å². The first kappa shape index (κ1) is 19.3. The van der Waals surface area contributed by atoms with Crippen LogP contribution in [0.1, 0.15) is 18.9 Å². The molecule has 1 amide bonds. The van der Waals surface area contributed by atoms with Crippen LogP contribution in [0.2, 0.25) is 0 Å². The summed E-state index contributed by atoms with van der Waals surface area (Å²) in [4.78, 5) is 43.3. The van der Waals surface area contributed by atoms with E-state index in [2.05, 4.69) is 14.7 Å². The van der Waals surface area contributed by atoms with E-state index in [1.807, 2.05) is 0 Å². The van der Waals surface area contributed by atoms with Gasteiger partial charge in [-0.2, -0.15) is 4.37 Å². The van der Waals surface area contributed by atoms with Gasteiger partial charge >= 0.3 is 5.69 Å². The van der Waals surface area contributed by atoms with E-state index in [-0.39, 0.29) is 12.6 Å². The number of nitrogens with one attached hydrogen (secondary N) is 1. The molecule has 4 aromatic rings. The normalized spacial score (nSPS) is 13.5. The Labute approximate surface area is 178 Å². The van der Waals surface area contributed by atoms with Crippen LogP contribution < -0.4 is 16.6 Å². The van der Waals surface area contributed by atoms with Gasteiger partial charge in [0.1, 0.15) is 22.8 Å². The van der Waals surface area contributed by atoms with Gasteiger partial charge in [0.05, 0.1) is 11.2 Å². The lowest BCUT2D eigenvalue weighted by Gasteiger charge is -2.13. The third-order valence-corrected chi connectivity index (χ3v) is 5.86. The first-order valence-corrected chi connectivity index (χ1v) is 10.4. The van der Waals surface area contributed by atoms with Crippen LogP contribution in [-0.4, -0.2) is 24.4 Å². The lowest BCUT2D eigenvalue weighted by molar-refractivity contribution is -0.116. The summed E-state index contributed by atoms with van der Waals surface area (Å²) >= 11 is 0.994. The average Bonchev–Trinajstić information content (AvgIpc) is 3.50. The summed E-state index contributed by atoms with van der Waals surface area (Å²) in [5.41, 5.74) is 0.644. The van der Waals surface area contributed by atoms with Crippen molar-refractivity contribution in [2.45, 2.75) is 25.4 Å². The second kappa shape index (κ2) is 7.55. The molecule has 0 saturated heterocycles. The number of halogens is 1. The Morgan fingerprint density at radius 1 is 1.16 bits per heavy atom. The highest BCUT2D eigenvalue weighted by Gasteiger charge is 2.31. The van der Waals surface area contributed by atoms with Crippen LogP contribution in [0.3, 0.4) is 0 Å². The maximum atomic E-state index is 13.3. The summed E-state index contributed by atoms with van der Waals surface area (Å²) in [6.45, 7) is -0.321. The number of benzene rings is 1. The molecule has 1 aromatic carbocycles. The van der Waals surface area contributed by atoms with E-state index in [0.717, 1.165) is 24.4 Å².